The molecule has 4 rings (SSSR count). The van der Waals surface area contributed by atoms with Crippen molar-refractivity contribution in [3.63, 3.8) is 0 Å². The Hall–Kier alpha value is -2.88. The first-order valence-electron chi connectivity index (χ1n) is 10.5. The number of carbonyl (C=O) groups excluding carboxylic acids is 2. The van der Waals surface area contributed by atoms with Gasteiger partial charge in [0.15, 0.2) is 0 Å². The second-order valence-corrected chi connectivity index (χ2v) is 9.33. The number of aryl methyl sites for hydroxylation is 1. The van der Waals surface area contributed by atoms with Crippen molar-refractivity contribution < 1.29 is 14.0 Å². The Morgan fingerprint density at radius 2 is 1.82 bits per heavy atom. The summed E-state index contributed by atoms with van der Waals surface area (Å²) in [6.45, 7) is 5.36. The molecule has 172 valence electrons. The third kappa shape index (κ3) is 5.93. The fraction of sp³-hybridized carbons (Fsp3) is 0.304. The molecule has 0 saturated carbocycles. The number of amides is 2. The summed E-state index contributed by atoms with van der Waals surface area (Å²) in [5.41, 5.74) is 2.49. The molecule has 2 heterocycles. The molecule has 10 heteroatoms. The number of benzene rings is 2. The zero-order chi connectivity index (χ0) is 23.4. The SMILES string of the molecule is Cc1ccc(CNC(=O)c2nnc(CN3CCN(C(=O)c4ccc(F)cc4Cl)CC3)s2)cc1. The monoisotopic (exact) mass is 487 g/mol. The van der Waals surface area contributed by atoms with Crippen LogP contribution in [0.1, 0.15) is 36.3 Å². The van der Waals surface area contributed by atoms with Crippen molar-refractivity contribution in [2.75, 3.05) is 26.2 Å². The fourth-order valence-corrected chi connectivity index (χ4v) is 4.55. The maximum absolute atomic E-state index is 13.2. The number of hydrogen-bond donors (Lipinski definition) is 1. The molecule has 1 aliphatic heterocycles. The van der Waals surface area contributed by atoms with Crippen molar-refractivity contribution in [3.05, 3.63) is 80.0 Å². The summed E-state index contributed by atoms with van der Waals surface area (Å²) < 4.78 is 13.2. The maximum atomic E-state index is 13.2. The summed E-state index contributed by atoms with van der Waals surface area (Å²) in [6, 6.07) is 11.8. The van der Waals surface area contributed by atoms with E-state index in [1.807, 2.05) is 31.2 Å². The molecular formula is C23H23ClFN5O2S. The Morgan fingerprint density at radius 1 is 1.09 bits per heavy atom. The number of rotatable bonds is 6. The van der Waals surface area contributed by atoms with Crippen LogP contribution < -0.4 is 5.32 Å². The zero-order valence-electron chi connectivity index (χ0n) is 18.1. The Morgan fingerprint density at radius 3 is 2.52 bits per heavy atom. The van der Waals surface area contributed by atoms with E-state index in [2.05, 4.69) is 20.4 Å². The van der Waals surface area contributed by atoms with E-state index in [4.69, 9.17) is 11.6 Å². The molecule has 0 bridgehead atoms. The molecule has 1 fully saturated rings. The first-order valence-corrected chi connectivity index (χ1v) is 11.7. The van der Waals surface area contributed by atoms with Gasteiger partial charge in [-0.2, -0.15) is 0 Å². The minimum Gasteiger partial charge on any atom is -0.346 e. The zero-order valence-corrected chi connectivity index (χ0v) is 19.6. The van der Waals surface area contributed by atoms with Crippen LogP contribution in [0.25, 0.3) is 0 Å². The quantitative estimate of drug-likeness (QED) is 0.575. The van der Waals surface area contributed by atoms with E-state index in [1.165, 1.54) is 29.0 Å². The average molecular weight is 488 g/mol. The molecule has 0 radical (unpaired) electrons. The highest BCUT2D eigenvalue weighted by Crippen LogP contribution is 2.20. The summed E-state index contributed by atoms with van der Waals surface area (Å²) in [6.07, 6.45) is 0. The van der Waals surface area contributed by atoms with E-state index in [9.17, 15) is 14.0 Å². The summed E-state index contributed by atoms with van der Waals surface area (Å²) in [7, 11) is 0. The van der Waals surface area contributed by atoms with Gasteiger partial charge >= 0.3 is 0 Å². The highest BCUT2D eigenvalue weighted by molar-refractivity contribution is 7.13. The van der Waals surface area contributed by atoms with Crippen molar-refractivity contribution in [2.45, 2.75) is 20.0 Å². The molecule has 0 unspecified atom stereocenters. The fourth-order valence-electron chi connectivity index (χ4n) is 3.51. The van der Waals surface area contributed by atoms with E-state index in [0.717, 1.165) is 16.6 Å². The molecule has 1 saturated heterocycles. The third-order valence-corrected chi connectivity index (χ3v) is 6.63. The van der Waals surface area contributed by atoms with Gasteiger partial charge < -0.3 is 10.2 Å². The van der Waals surface area contributed by atoms with Gasteiger partial charge in [0.05, 0.1) is 17.1 Å². The minimum absolute atomic E-state index is 0.115. The van der Waals surface area contributed by atoms with Crippen LogP contribution in [0.3, 0.4) is 0 Å². The summed E-state index contributed by atoms with van der Waals surface area (Å²) >= 11 is 7.30. The number of halogens is 2. The molecule has 1 aliphatic rings. The van der Waals surface area contributed by atoms with Crippen LogP contribution in [-0.2, 0) is 13.1 Å². The van der Waals surface area contributed by atoms with Crippen LogP contribution in [0, 0.1) is 12.7 Å². The standard InChI is InChI=1S/C23H23ClFN5O2S/c1-15-2-4-16(5-3-15)13-26-21(31)22-28-27-20(33-22)14-29-8-10-30(11-9-29)23(32)18-7-6-17(25)12-19(18)24/h2-7,12H,8-11,13-14H2,1H3,(H,26,31). The predicted octanol–water partition coefficient (Wildman–Crippen LogP) is 3.53. The van der Waals surface area contributed by atoms with Gasteiger partial charge in [0.25, 0.3) is 11.8 Å². The van der Waals surface area contributed by atoms with Gasteiger partial charge in [-0.25, -0.2) is 4.39 Å². The third-order valence-electron chi connectivity index (χ3n) is 5.41. The number of aromatic nitrogens is 2. The molecule has 1 aromatic heterocycles. The number of carbonyl (C=O) groups is 2. The minimum atomic E-state index is -0.471. The number of piperazine rings is 1. The molecule has 2 amide bonds. The molecule has 0 atom stereocenters. The molecule has 2 aromatic carbocycles. The highest BCUT2D eigenvalue weighted by Gasteiger charge is 2.25. The van der Waals surface area contributed by atoms with E-state index in [1.54, 1.807) is 4.90 Å². The van der Waals surface area contributed by atoms with Gasteiger partial charge in [-0.15, -0.1) is 10.2 Å². The van der Waals surface area contributed by atoms with Crippen molar-refractivity contribution in [3.8, 4) is 0 Å². The Balaban J connectivity index is 1.26. The van der Waals surface area contributed by atoms with Crippen molar-refractivity contribution in [1.82, 2.24) is 25.3 Å². The Bertz CT molecular complexity index is 1150. The molecule has 1 N–H and O–H groups in total. The number of nitrogens with one attached hydrogen (secondary N) is 1. The van der Waals surface area contributed by atoms with Gasteiger partial charge in [-0.3, -0.25) is 14.5 Å². The van der Waals surface area contributed by atoms with Crippen LogP contribution in [0.4, 0.5) is 4.39 Å². The second-order valence-electron chi connectivity index (χ2n) is 7.86. The lowest BCUT2D eigenvalue weighted by Crippen LogP contribution is -2.48. The van der Waals surface area contributed by atoms with Gasteiger partial charge in [0, 0.05) is 32.7 Å². The first kappa shape index (κ1) is 23.3. The van der Waals surface area contributed by atoms with Gasteiger partial charge in [0.1, 0.15) is 10.8 Å². The van der Waals surface area contributed by atoms with E-state index >= 15 is 0 Å². The normalized spacial score (nSPS) is 14.3. The first-order chi connectivity index (χ1) is 15.9. The van der Waals surface area contributed by atoms with Gasteiger partial charge in [0.2, 0.25) is 5.01 Å². The van der Waals surface area contributed by atoms with Crippen LogP contribution in [-0.4, -0.2) is 58.0 Å². The van der Waals surface area contributed by atoms with E-state index in [0.29, 0.717) is 49.8 Å². The van der Waals surface area contributed by atoms with Crippen molar-refractivity contribution >= 4 is 34.8 Å². The average Bonchev–Trinajstić information content (AvgIpc) is 3.27. The topological polar surface area (TPSA) is 78.4 Å². The van der Waals surface area contributed by atoms with Crippen molar-refractivity contribution in [2.24, 2.45) is 0 Å². The number of hydrogen-bond acceptors (Lipinski definition) is 6. The highest BCUT2D eigenvalue weighted by atomic mass is 35.5. The Kier molecular flexibility index (Phi) is 7.32. The predicted molar refractivity (Wildman–Crippen MR) is 125 cm³/mol. The van der Waals surface area contributed by atoms with Crippen LogP contribution in [0.5, 0.6) is 0 Å². The molecule has 0 aliphatic carbocycles. The lowest BCUT2D eigenvalue weighted by Gasteiger charge is -2.34. The van der Waals surface area contributed by atoms with E-state index < -0.39 is 5.82 Å². The molecular weight excluding hydrogens is 465 g/mol. The van der Waals surface area contributed by atoms with Crippen LogP contribution >= 0.6 is 22.9 Å². The summed E-state index contributed by atoms with van der Waals surface area (Å²) in [5, 5.41) is 12.2. The second kappa shape index (κ2) is 10.4. The summed E-state index contributed by atoms with van der Waals surface area (Å²) in [5.74, 6) is -0.921. The molecule has 33 heavy (non-hydrogen) atoms. The van der Waals surface area contributed by atoms with Crippen LogP contribution in [0.15, 0.2) is 42.5 Å². The van der Waals surface area contributed by atoms with Crippen molar-refractivity contribution in [1.29, 1.82) is 0 Å². The number of nitrogens with zero attached hydrogens (tertiary/aromatic N) is 4. The smallest absolute Gasteiger partial charge is 0.282 e. The summed E-state index contributed by atoms with van der Waals surface area (Å²) in [4.78, 5) is 29.0. The van der Waals surface area contributed by atoms with Gasteiger partial charge in [-0.1, -0.05) is 52.8 Å². The van der Waals surface area contributed by atoms with E-state index in [-0.39, 0.29) is 16.8 Å². The molecule has 7 nitrogen and oxygen atoms in total. The lowest BCUT2D eigenvalue weighted by atomic mass is 10.1. The largest absolute Gasteiger partial charge is 0.346 e. The van der Waals surface area contributed by atoms with Gasteiger partial charge in [-0.05, 0) is 30.7 Å². The van der Waals surface area contributed by atoms with Crippen LogP contribution in [0.2, 0.25) is 5.02 Å². The molecule has 0 spiro atoms. The molecule has 3 aromatic rings. The maximum Gasteiger partial charge on any atom is 0.282 e. The lowest BCUT2D eigenvalue weighted by molar-refractivity contribution is 0.0628. The Labute approximate surface area is 200 Å².